The Balaban J connectivity index is 2.68. The zero-order chi connectivity index (χ0) is 16.7. The minimum Gasteiger partial charge on any atom is -0.495 e. The number of nitrogens with one attached hydrogen (secondary N) is 2. The molecule has 0 saturated carbocycles. The smallest absolute Gasteiger partial charge is 0.315 e. The van der Waals surface area contributed by atoms with E-state index in [2.05, 4.69) is 10.6 Å². The molecule has 6 nitrogen and oxygen atoms in total. The molecule has 1 rings (SSSR count). The lowest BCUT2D eigenvalue weighted by molar-refractivity contribution is -0.116. The van der Waals surface area contributed by atoms with Crippen molar-refractivity contribution in [2.45, 2.75) is 26.8 Å². The molecule has 122 valence electrons. The van der Waals surface area contributed by atoms with Gasteiger partial charge in [-0.25, -0.2) is 4.79 Å². The van der Waals surface area contributed by atoms with Crippen LogP contribution in [0.1, 0.15) is 20.8 Å². The van der Waals surface area contributed by atoms with Crippen LogP contribution in [0.3, 0.4) is 0 Å². The average molecular weight is 328 g/mol. The minimum absolute atomic E-state index is 0.0595. The number of hydrogen-bond acceptors (Lipinski definition) is 3. The zero-order valence-corrected chi connectivity index (χ0v) is 14.0. The Bertz CT molecular complexity index is 535. The van der Waals surface area contributed by atoms with Gasteiger partial charge in [0.2, 0.25) is 5.91 Å². The van der Waals surface area contributed by atoms with Gasteiger partial charge in [-0.3, -0.25) is 4.79 Å². The van der Waals surface area contributed by atoms with Crippen LogP contribution in [0.15, 0.2) is 18.2 Å². The van der Waals surface area contributed by atoms with Gasteiger partial charge in [-0.1, -0.05) is 11.6 Å². The topological polar surface area (TPSA) is 70.7 Å². The molecule has 1 aromatic rings. The predicted octanol–water partition coefficient (Wildman–Crippen LogP) is 2.41. The first-order valence-electron chi connectivity index (χ1n) is 7.01. The van der Waals surface area contributed by atoms with E-state index in [0.717, 1.165) is 0 Å². The van der Waals surface area contributed by atoms with E-state index < -0.39 is 0 Å². The van der Waals surface area contributed by atoms with Gasteiger partial charge in [0, 0.05) is 31.7 Å². The number of halogens is 1. The molecule has 0 fully saturated rings. The Morgan fingerprint density at radius 2 is 2.05 bits per heavy atom. The summed E-state index contributed by atoms with van der Waals surface area (Å²) in [5, 5.41) is 5.85. The monoisotopic (exact) mass is 327 g/mol. The van der Waals surface area contributed by atoms with Crippen LogP contribution in [-0.4, -0.2) is 38.2 Å². The number of methoxy groups -OCH3 is 1. The maximum absolute atomic E-state index is 11.8. The van der Waals surface area contributed by atoms with Crippen LogP contribution in [-0.2, 0) is 4.79 Å². The highest BCUT2D eigenvalue weighted by Gasteiger charge is 2.13. The molecule has 0 bridgehead atoms. The molecule has 0 aliphatic rings. The van der Waals surface area contributed by atoms with E-state index >= 15 is 0 Å². The summed E-state index contributed by atoms with van der Waals surface area (Å²) in [5.74, 6) is 0.413. The molecular formula is C15H22ClN3O3. The summed E-state index contributed by atoms with van der Waals surface area (Å²) in [4.78, 5) is 24.8. The van der Waals surface area contributed by atoms with Crippen LogP contribution in [0.4, 0.5) is 10.5 Å². The number of anilines is 1. The van der Waals surface area contributed by atoms with E-state index in [4.69, 9.17) is 16.3 Å². The molecule has 0 unspecified atom stereocenters. The lowest BCUT2D eigenvalue weighted by Gasteiger charge is -2.22. The molecule has 0 radical (unpaired) electrons. The van der Waals surface area contributed by atoms with Crippen LogP contribution in [0.25, 0.3) is 0 Å². The second-order valence-electron chi connectivity index (χ2n) is 5.04. The number of nitrogens with zero attached hydrogens (tertiary/aromatic N) is 1. The van der Waals surface area contributed by atoms with Gasteiger partial charge >= 0.3 is 6.03 Å². The summed E-state index contributed by atoms with van der Waals surface area (Å²) in [6, 6.07) is 4.92. The number of benzene rings is 1. The number of amides is 3. The van der Waals surface area contributed by atoms with Crippen LogP contribution in [0.2, 0.25) is 5.02 Å². The van der Waals surface area contributed by atoms with E-state index in [0.29, 0.717) is 29.5 Å². The van der Waals surface area contributed by atoms with Crippen molar-refractivity contribution in [2.24, 2.45) is 0 Å². The Hall–Kier alpha value is -1.95. The van der Waals surface area contributed by atoms with Gasteiger partial charge in [0.1, 0.15) is 5.75 Å². The number of urea groups is 1. The third kappa shape index (κ3) is 5.44. The second kappa shape index (κ2) is 8.48. The first-order chi connectivity index (χ1) is 10.3. The van der Waals surface area contributed by atoms with Crippen molar-refractivity contribution in [1.29, 1.82) is 0 Å². The molecule has 1 aromatic carbocycles. The molecule has 3 amide bonds. The van der Waals surface area contributed by atoms with Crippen molar-refractivity contribution in [3.8, 4) is 5.75 Å². The maximum atomic E-state index is 11.8. The molecule has 0 spiro atoms. The Kier molecular flexibility index (Phi) is 6.98. The summed E-state index contributed by atoms with van der Waals surface area (Å²) in [5.41, 5.74) is 0.657. The Labute approximate surface area is 135 Å². The molecule has 0 aromatic heterocycles. The second-order valence-corrected chi connectivity index (χ2v) is 5.45. The summed E-state index contributed by atoms with van der Waals surface area (Å²) >= 11 is 6.08. The van der Waals surface area contributed by atoms with Crippen LogP contribution < -0.4 is 20.3 Å². The van der Waals surface area contributed by atoms with Gasteiger partial charge in [-0.2, -0.15) is 0 Å². The van der Waals surface area contributed by atoms with E-state index in [1.54, 1.807) is 23.1 Å². The minimum atomic E-state index is -0.258. The Morgan fingerprint density at radius 3 is 2.55 bits per heavy atom. The van der Waals surface area contributed by atoms with E-state index in [-0.39, 0.29) is 18.0 Å². The van der Waals surface area contributed by atoms with Crippen molar-refractivity contribution in [3.63, 3.8) is 0 Å². The molecule has 0 saturated heterocycles. The van der Waals surface area contributed by atoms with Crippen LogP contribution in [0.5, 0.6) is 5.75 Å². The molecule has 0 aliphatic heterocycles. The highest BCUT2D eigenvalue weighted by Crippen LogP contribution is 2.29. The number of carbonyl (C=O) groups is 2. The highest BCUT2D eigenvalue weighted by atomic mass is 35.5. The average Bonchev–Trinajstić information content (AvgIpc) is 2.42. The number of ether oxygens (including phenoxy) is 1. The first kappa shape index (κ1) is 18.1. The zero-order valence-electron chi connectivity index (χ0n) is 13.3. The van der Waals surface area contributed by atoms with Gasteiger partial charge in [-0.05, 0) is 32.0 Å². The number of rotatable bonds is 6. The molecule has 0 heterocycles. The molecule has 22 heavy (non-hydrogen) atoms. The normalized spacial score (nSPS) is 10.3. The molecule has 0 atom stereocenters. The standard InChI is InChI=1S/C15H22ClN3O3/c1-10(2)18-15(21)17-7-8-19(11(3)20)12-5-6-14(22-4)13(16)9-12/h5-6,9-10H,7-8H2,1-4H3,(H2,17,18,21). The number of carbonyl (C=O) groups excluding carboxylic acids is 2. The molecule has 7 heteroatoms. The van der Waals surface area contributed by atoms with Crippen molar-refractivity contribution in [1.82, 2.24) is 10.6 Å². The van der Waals surface area contributed by atoms with Crippen molar-refractivity contribution in [3.05, 3.63) is 23.2 Å². The van der Waals surface area contributed by atoms with Gasteiger partial charge < -0.3 is 20.3 Å². The summed E-state index contributed by atoms with van der Waals surface area (Å²) in [6.07, 6.45) is 0. The van der Waals surface area contributed by atoms with E-state index in [1.807, 2.05) is 13.8 Å². The fraction of sp³-hybridized carbons (Fsp3) is 0.467. The molecular weight excluding hydrogens is 306 g/mol. The largest absolute Gasteiger partial charge is 0.495 e. The predicted molar refractivity (Wildman–Crippen MR) is 87.7 cm³/mol. The highest BCUT2D eigenvalue weighted by molar-refractivity contribution is 6.32. The fourth-order valence-electron chi connectivity index (χ4n) is 1.89. The summed E-state index contributed by atoms with van der Waals surface area (Å²) in [7, 11) is 1.53. The lowest BCUT2D eigenvalue weighted by atomic mass is 10.2. The van der Waals surface area contributed by atoms with Crippen molar-refractivity contribution in [2.75, 3.05) is 25.1 Å². The SMILES string of the molecule is COc1ccc(N(CCNC(=O)NC(C)C)C(C)=O)cc1Cl. The van der Waals surface area contributed by atoms with Crippen LogP contribution in [0, 0.1) is 0 Å². The lowest BCUT2D eigenvalue weighted by Crippen LogP contribution is -2.43. The van der Waals surface area contributed by atoms with Gasteiger partial charge in [-0.15, -0.1) is 0 Å². The quantitative estimate of drug-likeness (QED) is 0.843. The maximum Gasteiger partial charge on any atom is 0.315 e. The third-order valence-electron chi connectivity index (χ3n) is 2.87. The first-order valence-corrected chi connectivity index (χ1v) is 7.39. The third-order valence-corrected chi connectivity index (χ3v) is 3.16. The summed E-state index contributed by atoms with van der Waals surface area (Å²) in [6.45, 7) is 5.90. The van der Waals surface area contributed by atoms with Gasteiger partial charge in [0.05, 0.1) is 12.1 Å². The van der Waals surface area contributed by atoms with Crippen molar-refractivity contribution < 1.29 is 14.3 Å². The number of hydrogen-bond donors (Lipinski definition) is 2. The molecule has 2 N–H and O–H groups in total. The Morgan fingerprint density at radius 1 is 1.36 bits per heavy atom. The van der Waals surface area contributed by atoms with E-state index in [9.17, 15) is 9.59 Å². The van der Waals surface area contributed by atoms with Gasteiger partial charge in [0.25, 0.3) is 0 Å². The fourth-order valence-corrected chi connectivity index (χ4v) is 2.14. The van der Waals surface area contributed by atoms with Gasteiger partial charge in [0.15, 0.2) is 0 Å². The molecule has 0 aliphatic carbocycles. The van der Waals surface area contributed by atoms with Crippen molar-refractivity contribution >= 4 is 29.2 Å². The van der Waals surface area contributed by atoms with Crippen LogP contribution >= 0.6 is 11.6 Å². The summed E-state index contributed by atoms with van der Waals surface area (Å²) < 4.78 is 5.09. The van der Waals surface area contributed by atoms with E-state index in [1.165, 1.54) is 14.0 Å².